The zero-order valence-corrected chi connectivity index (χ0v) is 15.4. The summed E-state index contributed by atoms with van der Waals surface area (Å²) in [6.07, 6.45) is 13.9. The van der Waals surface area contributed by atoms with E-state index in [0.717, 1.165) is 11.1 Å². The van der Waals surface area contributed by atoms with Gasteiger partial charge in [0.05, 0.1) is 0 Å². The molecule has 23 heavy (non-hydrogen) atoms. The quantitative estimate of drug-likeness (QED) is 0.499. The molecule has 0 spiro atoms. The van der Waals surface area contributed by atoms with Gasteiger partial charge in [0, 0.05) is 5.57 Å². The fraction of sp³-hybridized carbons (Fsp3) is 0.476. The van der Waals surface area contributed by atoms with Gasteiger partial charge < -0.3 is 5.11 Å². The molecule has 1 rings (SSSR count). The van der Waals surface area contributed by atoms with Crippen LogP contribution in [0.5, 0.6) is 0 Å². The van der Waals surface area contributed by atoms with Crippen LogP contribution in [-0.2, 0) is 4.79 Å². The Hall–Kier alpha value is -1.83. The first kappa shape index (κ1) is 19.2. The molecule has 0 aromatic heterocycles. The number of aliphatic carboxylic acids is 1. The molecule has 0 saturated carbocycles. The van der Waals surface area contributed by atoms with Crippen molar-refractivity contribution in [3.05, 3.63) is 58.2 Å². The summed E-state index contributed by atoms with van der Waals surface area (Å²) in [4.78, 5) is 10.9. The van der Waals surface area contributed by atoms with Gasteiger partial charge in [0.1, 0.15) is 0 Å². The van der Waals surface area contributed by atoms with Crippen LogP contribution >= 0.6 is 0 Å². The van der Waals surface area contributed by atoms with Crippen molar-refractivity contribution in [2.24, 2.45) is 5.41 Å². The monoisotopic (exact) mass is 314 g/mol. The second kappa shape index (κ2) is 8.14. The highest BCUT2D eigenvalue weighted by Gasteiger charge is 2.26. The number of hydrogen-bond donors (Lipinski definition) is 1. The largest absolute Gasteiger partial charge is 0.478 e. The lowest BCUT2D eigenvalue weighted by atomic mass is 9.72. The first-order valence-corrected chi connectivity index (χ1v) is 8.29. The van der Waals surface area contributed by atoms with Gasteiger partial charge in [0.2, 0.25) is 0 Å². The maximum atomic E-state index is 10.9. The Morgan fingerprint density at radius 2 is 1.83 bits per heavy atom. The van der Waals surface area contributed by atoms with E-state index in [1.54, 1.807) is 6.92 Å². The van der Waals surface area contributed by atoms with Crippen molar-refractivity contribution in [1.82, 2.24) is 0 Å². The smallest absolute Gasteiger partial charge is 0.331 e. The van der Waals surface area contributed by atoms with Gasteiger partial charge in [0.25, 0.3) is 0 Å². The van der Waals surface area contributed by atoms with Crippen LogP contribution in [0.3, 0.4) is 0 Å². The van der Waals surface area contributed by atoms with Crippen molar-refractivity contribution in [3.63, 3.8) is 0 Å². The summed E-state index contributed by atoms with van der Waals surface area (Å²) >= 11 is 0. The number of rotatable bonds is 5. The number of carboxylic acid groups (broad SMARTS) is 1. The highest BCUT2D eigenvalue weighted by molar-refractivity contribution is 5.87. The molecule has 0 aromatic rings. The van der Waals surface area contributed by atoms with Crippen molar-refractivity contribution in [3.8, 4) is 0 Å². The maximum absolute atomic E-state index is 10.9. The molecule has 1 aliphatic carbocycles. The van der Waals surface area contributed by atoms with Gasteiger partial charge in [-0.15, -0.1) is 0 Å². The van der Waals surface area contributed by atoms with Crippen molar-refractivity contribution >= 4 is 5.97 Å². The number of carbonyl (C=O) groups is 1. The maximum Gasteiger partial charge on any atom is 0.331 e. The molecule has 0 aromatic carbocycles. The Bertz CT molecular complexity index is 608. The molecule has 126 valence electrons. The molecule has 2 heteroatoms. The Morgan fingerprint density at radius 1 is 1.17 bits per heavy atom. The summed E-state index contributed by atoms with van der Waals surface area (Å²) in [5.41, 5.74) is 5.52. The minimum Gasteiger partial charge on any atom is -0.478 e. The lowest BCUT2D eigenvalue weighted by molar-refractivity contribution is -0.132. The highest BCUT2D eigenvalue weighted by atomic mass is 16.4. The van der Waals surface area contributed by atoms with Crippen LogP contribution in [0.2, 0.25) is 0 Å². The molecular formula is C21H30O2. The van der Waals surface area contributed by atoms with Crippen LogP contribution in [0.25, 0.3) is 0 Å². The molecule has 0 atom stereocenters. The van der Waals surface area contributed by atoms with Crippen molar-refractivity contribution in [2.45, 2.75) is 60.8 Å². The minimum absolute atomic E-state index is 0.257. The van der Waals surface area contributed by atoms with E-state index in [-0.39, 0.29) is 5.41 Å². The summed E-state index contributed by atoms with van der Waals surface area (Å²) in [5, 5.41) is 8.94. The van der Waals surface area contributed by atoms with Crippen LogP contribution < -0.4 is 0 Å². The predicted molar refractivity (Wildman–Crippen MR) is 98.4 cm³/mol. The lowest BCUT2D eigenvalue weighted by Crippen LogP contribution is -2.19. The predicted octanol–water partition coefficient (Wildman–Crippen LogP) is 5.99. The highest BCUT2D eigenvalue weighted by Crippen LogP contribution is 2.40. The normalized spacial score (nSPS) is 20.3. The number of allylic oxidation sites excluding steroid dienone is 9. The molecule has 0 radical (unpaired) electrons. The summed E-state index contributed by atoms with van der Waals surface area (Å²) in [7, 11) is 0. The van der Waals surface area contributed by atoms with Gasteiger partial charge >= 0.3 is 5.97 Å². The second-order valence-corrected chi connectivity index (χ2v) is 7.15. The lowest BCUT2D eigenvalue weighted by Gasteiger charge is -2.32. The Balaban J connectivity index is 2.85. The molecule has 0 fully saturated rings. The van der Waals surface area contributed by atoms with E-state index in [1.165, 1.54) is 30.4 Å². The summed E-state index contributed by atoms with van der Waals surface area (Å²) in [5.74, 6) is -0.866. The van der Waals surface area contributed by atoms with Crippen LogP contribution in [0.15, 0.2) is 58.2 Å². The van der Waals surface area contributed by atoms with E-state index in [9.17, 15) is 4.79 Å². The second-order valence-electron chi connectivity index (χ2n) is 7.15. The van der Waals surface area contributed by atoms with Crippen LogP contribution in [0.1, 0.15) is 60.8 Å². The third-order valence-corrected chi connectivity index (χ3v) is 4.67. The van der Waals surface area contributed by atoms with E-state index in [1.807, 2.05) is 25.2 Å². The van der Waals surface area contributed by atoms with E-state index >= 15 is 0 Å². The first-order valence-electron chi connectivity index (χ1n) is 8.29. The summed E-state index contributed by atoms with van der Waals surface area (Å²) < 4.78 is 0. The van der Waals surface area contributed by atoms with Gasteiger partial charge in [-0.3, -0.25) is 0 Å². The molecule has 0 amide bonds. The average Bonchev–Trinajstić information content (AvgIpc) is 2.44. The molecule has 0 saturated heterocycles. The van der Waals surface area contributed by atoms with Gasteiger partial charge in [-0.25, -0.2) is 4.79 Å². The molecule has 1 N–H and O–H groups in total. The first-order chi connectivity index (χ1) is 10.6. The zero-order chi connectivity index (χ0) is 17.6. The number of carboxylic acids is 1. The average molecular weight is 314 g/mol. The molecule has 2 nitrogen and oxygen atoms in total. The van der Waals surface area contributed by atoms with Crippen molar-refractivity contribution < 1.29 is 9.90 Å². The van der Waals surface area contributed by atoms with E-state index in [2.05, 4.69) is 39.8 Å². The minimum atomic E-state index is -0.866. The van der Waals surface area contributed by atoms with Crippen LogP contribution in [0.4, 0.5) is 0 Å². The van der Waals surface area contributed by atoms with Gasteiger partial charge in [0.15, 0.2) is 0 Å². The Labute approximate surface area is 141 Å². The SMILES string of the molecule is CC(C=CC1=C(C)CCCC1(C)C)=CC=CC(C)=C(C)C(=O)O. The van der Waals surface area contributed by atoms with Crippen LogP contribution in [-0.4, -0.2) is 11.1 Å². The standard InChI is InChI=1S/C21H30O2/c1-15(9-7-10-16(2)18(4)20(22)23)12-13-19-17(3)11-8-14-21(19,5)6/h7,9-10,12-13H,8,11,14H2,1-6H3,(H,22,23). The molecule has 0 unspecified atom stereocenters. The Kier molecular flexibility index (Phi) is 6.80. The van der Waals surface area contributed by atoms with Gasteiger partial charge in [-0.05, 0) is 63.5 Å². The van der Waals surface area contributed by atoms with Gasteiger partial charge in [-0.1, -0.05) is 55.4 Å². The van der Waals surface area contributed by atoms with Crippen molar-refractivity contribution in [1.29, 1.82) is 0 Å². The van der Waals surface area contributed by atoms with Gasteiger partial charge in [-0.2, -0.15) is 0 Å². The molecular weight excluding hydrogens is 284 g/mol. The fourth-order valence-corrected chi connectivity index (χ4v) is 2.92. The number of hydrogen-bond acceptors (Lipinski definition) is 1. The third-order valence-electron chi connectivity index (χ3n) is 4.67. The van der Waals surface area contributed by atoms with E-state index in [4.69, 9.17) is 5.11 Å². The fourth-order valence-electron chi connectivity index (χ4n) is 2.92. The zero-order valence-electron chi connectivity index (χ0n) is 15.4. The van der Waals surface area contributed by atoms with E-state index < -0.39 is 5.97 Å². The van der Waals surface area contributed by atoms with Crippen LogP contribution in [0, 0.1) is 5.41 Å². The molecule has 0 heterocycles. The molecule has 0 bridgehead atoms. The topological polar surface area (TPSA) is 37.3 Å². The van der Waals surface area contributed by atoms with Crippen molar-refractivity contribution in [2.75, 3.05) is 0 Å². The van der Waals surface area contributed by atoms with E-state index in [0.29, 0.717) is 5.57 Å². The Morgan fingerprint density at radius 3 is 2.39 bits per heavy atom. The third kappa shape index (κ3) is 5.70. The summed E-state index contributed by atoms with van der Waals surface area (Å²) in [6.45, 7) is 12.4. The molecule has 1 aliphatic rings. The summed E-state index contributed by atoms with van der Waals surface area (Å²) in [6, 6.07) is 0. The molecule has 0 aliphatic heterocycles.